The zero-order valence-electron chi connectivity index (χ0n) is 8.38. The first-order valence-corrected chi connectivity index (χ1v) is 4.56. The van der Waals surface area contributed by atoms with Crippen molar-refractivity contribution in [1.82, 2.24) is 15.1 Å². The van der Waals surface area contributed by atoms with Gasteiger partial charge >= 0.3 is 5.97 Å². The molecule has 1 aromatic heterocycles. The second-order valence-corrected chi connectivity index (χ2v) is 3.27. The molecule has 1 atom stereocenters. The van der Waals surface area contributed by atoms with Crippen LogP contribution < -0.4 is 5.32 Å². The lowest BCUT2D eigenvalue weighted by Crippen LogP contribution is -2.36. The van der Waals surface area contributed by atoms with Gasteiger partial charge in [0, 0.05) is 18.4 Å². The van der Waals surface area contributed by atoms with E-state index >= 15 is 0 Å². The number of nitrogens with zero attached hydrogens (tertiary/aromatic N) is 2. The quantitative estimate of drug-likeness (QED) is 0.664. The molecular weight excluding hydrogens is 198 g/mol. The van der Waals surface area contributed by atoms with Gasteiger partial charge < -0.3 is 10.4 Å². The zero-order chi connectivity index (χ0) is 11.3. The van der Waals surface area contributed by atoms with Crippen LogP contribution >= 0.6 is 0 Å². The number of aromatic nitrogens is 2. The minimum absolute atomic E-state index is 0.142. The molecule has 1 rings (SSSR count). The third-order valence-corrected chi connectivity index (χ3v) is 1.74. The van der Waals surface area contributed by atoms with E-state index in [9.17, 15) is 9.59 Å². The summed E-state index contributed by atoms with van der Waals surface area (Å²) in [6.07, 6.45) is 2.93. The topological polar surface area (TPSA) is 84.2 Å². The molecule has 1 heterocycles. The van der Waals surface area contributed by atoms with Gasteiger partial charge in [-0.1, -0.05) is 0 Å². The van der Waals surface area contributed by atoms with E-state index in [1.807, 2.05) is 0 Å². The fourth-order valence-electron chi connectivity index (χ4n) is 1.20. The van der Waals surface area contributed by atoms with Crippen molar-refractivity contribution < 1.29 is 14.7 Å². The van der Waals surface area contributed by atoms with Gasteiger partial charge in [0.05, 0.1) is 6.54 Å². The number of nitrogens with one attached hydrogen (secondary N) is 1. The highest BCUT2D eigenvalue weighted by atomic mass is 16.4. The summed E-state index contributed by atoms with van der Waals surface area (Å²) >= 11 is 0. The minimum Gasteiger partial charge on any atom is -0.481 e. The van der Waals surface area contributed by atoms with Gasteiger partial charge in [0.25, 0.3) is 0 Å². The van der Waals surface area contributed by atoms with Gasteiger partial charge in [0.1, 0.15) is 6.42 Å². The zero-order valence-corrected chi connectivity index (χ0v) is 8.38. The van der Waals surface area contributed by atoms with E-state index in [2.05, 4.69) is 10.4 Å². The largest absolute Gasteiger partial charge is 0.481 e. The minimum atomic E-state index is -1.13. The molecule has 0 saturated carbocycles. The van der Waals surface area contributed by atoms with E-state index in [4.69, 9.17) is 5.11 Å². The van der Waals surface area contributed by atoms with Crippen LogP contribution in [0.25, 0.3) is 0 Å². The summed E-state index contributed by atoms with van der Waals surface area (Å²) in [5.74, 6) is -1.61. The summed E-state index contributed by atoms with van der Waals surface area (Å²) < 4.78 is 1.67. The molecule has 0 aromatic carbocycles. The predicted octanol–water partition coefficient (Wildman–Crippen LogP) is -0.138. The van der Waals surface area contributed by atoms with E-state index in [0.29, 0.717) is 6.54 Å². The fourth-order valence-corrected chi connectivity index (χ4v) is 1.20. The summed E-state index contributed by atoms with van der Waals surface area (Å²) in [6.45, 7) is 2.32. The van der Waals surface area contributed by atoms with Crippen molar-refractivity contribution in [2.45, 2.75) is 25.9 Å². The average molecular weight is 211 g/mol. The Morgan fingerprint density at radius 3 is 2.87 bits per heavy atom. The van der Waals surface area contributed by atoms with Crippen LogP contribution in [0.4, 0.5) is 0 Å². The van der Waals surface area contributed by atoms with Crippen molar-refractivity contribution in [2.75, 3.05) is 0 Å². The first-order valence-electron chi connectivity index (χ1n) is 4.56. The monoisotopic (exact) mass is 211 g/mol. The molecule has 15 heavy (non-hydrogen) atoms. The van der Waals surface area contributed by atoms with Crippen LogP contribution in [0.5, 0.6) is 0 Å². The number of carbonyl (C=O) groups is 2. The molecule has 82 valence electrons. The smallest absolute Gasteiger partial charge is 0.312 e. The number of carboxylic acids is 1. The highest BCUT2D eigenvalue weighted by Crippen LogP contribution is 1.91. The number of aliphatic carboxylic acids is 1. The predicted molar refractivity (Wildman–Crippen MR) is 52.1 cm³/mol. The number of carbonyl (C=O) groups excluding carboxylic acids is 1. The first kappa shape index (κ1) is 11.2. The molecular formula is C9H13N3O3. The maximum Gasteiger partial charge on any atom is 0.312 e. The molecule has 1 unspecified atom stereocenters. The molecule has 0 radical (unpaired) electrons. The summed E-state index contributed by atoms with van der Waals surface area (Å²) in [5, 5.41) is 14.9. The van der Waals surface area contributed by atoms with Crippen LogP contribution in [-0.4, -0.2) is 32.8 Å². The summed E-state index contributed by atoms with van der Waals surface area (Å²) in [4.78, 5) is 21.3. The van der Waals surface area contributed by atoms with Crippen molar-refractivity contribution in [3.8, 4) is 0 Å². The molecule has 1 aromatic rings. The average Bonchev–Trinajstić information content (AvgIpc) is 2.53. The SMILES string of the molecule is CC(Cn1cccn1)NC(=O)CC(=O)O. The maximum absolute atomic E-state index is 11.1. The molecule has 0 aliphatic carbocycles. The Morgan fingerprint density at radius 2 is 2.33 bits per heavy atom. The van der Waals surface area contributed by atoms with Crippen molar-refractivity contribution >= 4 is 11.9 Å². The Bertz CT molecular complexity index is 334. The van der Waals surface area contributed by atoms with Gasteiger partial charge in [-0.3, -0.25) is 14.3 Å². The van der Waals surface area contributed by atoms with Crippen LogP contribution in [0.2, 0.25) is 0 Å². The highest BCUT2D eigenvalue weighted by molar-refractivity contribution is 5.93. The highest BCUT2D eigenvalue weighted by Gasteiger charge is 2.11. The van der Waals surface area contributed by atoms with Crippen LogP contribution in [0.15, 0.2) is 18.5 Å². The first-order chi connectivity index (χ1) is 7.08. The Hall–Kier alpha value is -1.85. The lowest BCUT2D eigenvalue weighted by molar-refractivity contribution is -0.140. The van der Waals surface area contributed by atoms with Gasteiger partial charge in [0.2, 0.25) is 5.91 Å². The van der Waals surface area contributed by atoms with Crippen LogP contribution in [0, 0.1) is 0 Å². The third kappa shape index (κ3) is 4.26. The molecule has 0 spiro atoms. The van der Waals surface area contributed by atoms with E-state index in [0.717, 1.165) is 0 Å². The number of hydrogen-bond acceptors (Lipinski definition) is 3. The Morgan fingerprint density at radius 1 is 1.60 bits per heavy atom. The van der Waals surface area contributed by atoms with Crippen molar-refractivity contribution in [1.29, 1.82) is 0 Å². The summed E-state index contributed by atoms with van der Waals surface area (Å²) in [5.41, 5.74) is 0. The fraction of sp³-hybridized carbons (Fsp3) is 0.444. The second kappa shape index (κ2) is 5.14. The second-order valence-electron chi connectivity index (χ2n) is 3.27. The summed E-state index contributed by atoms with van der Waals surface area (Å²) in [7, 11) is 0. The Kier molecular flexibility index (Phi) is 3.84. The molecule has 1 amide bonds. The van der Waals surface area contributed by atoms with Crippen molar-refractivity contribution in [3.63, 3.8) is 0 Å². The molecule has 6 nitrogen and oxygen atoms in total. The number of rotatable bonds is 5. The molecule has 0 aliphatic rings. The third-order valence-electron chi connectivity index (χ3n) is 1.74. The maximum atomic E-state index is 11.1. The van der Waals surface area contributed by atoms with Gasteiger partial charge in [-0.2, -0.15) is 5.10 Å². The molecule has 2 N–H and O–H groups in total. The molecule has 0 bridgehead atoms. The van der Waals surface area contributed by atoms with Crippen LogP contribution in [0.3, 0.4) is 0 Å². The lowest BCUT2D eigenvalue weighted by Gasteiger charge is -2.12. The molecule has 0 fully saturated rings. The van der Waals surface area contributed by atoms with Gasteiger partial charge in [-0.25, -0.2) is 0 Å². The number of hydrogen-bond donors (Lipinski definition) is 2. The molecule has 0 aliphatic heterocycles. The summed E-state index contributed by atoms with van der Waals surface area (Å²) in [6, 6.07) is 1.64. The van der Waals surface area contributed by atoms with Gasteiger partial charge in [-0.05, 0) is 13.0 Å². The van der Waals surface area contributed by atoms with E-state index in [1.165, 1.54) is 0 Å². The van der Waals surface area contributed by atoms with Crippen LogP contribution in [-0.2, 0) is 16.1 Å². The van der Waals surface area contributed by atoms with Crippen molar-refractivity contribution in [3.05, 3.63) is 18.5 Å². The van der Waals surface area contributed by atoms with E-state index in [1.54, 1.807) is 30.1 Å². The number of carboxylic acid groups (broad SMARTS) is 1. The molecule has 0 saturated heterocycles. The van der Waals surface area contributed by atoms with E-state index < -0.39 is 18.3 Å². The lowest BCUT2D eigenvalue weighted by atomic mass is 10.3. The van der Waals surface area contributed by atoms with E-state index in [-0.39, 0.29) is 6.04 Å². The Labute approximate surface area is 86.9 Å². The Balaban J connectivity index is 2.32. The van der Waals surface area contributed by atoms with Gasteiger partial charge in [0.15, 0.2) is 0 Å². The standard InChI is InChI=1S/C9H13N3O3/c1-7(6-12-4-2-3-10-12)11-8(13)5-9(14)15/h2-4,7H,5-6H2,1H3,(H,11,13)(H,14,15). The normalized spacial score (nSPS) is 12.1. The number of amides is 1. The van der Waals surface area contributed by atoms with Crippen LogP contribution in [0.1, 0.15) is 13.3 Å². The van der Waals surface area contributed by atoms with Gasteiger partial charge in [-0.15, -0.1) is 0 Å². The van der Waals surface area contributed by atoms with Crippen molar-refractivity contribution in [2.24, 2.45) is 0 Å². The molecule has 6 heteroatoms.